The second kappa shape index (κ2) is 9.53. The summed E-state index contributed by atoms with van der Waals surface area (Å²) in [7, 11) is 0. The smallest absolute Gasteiger partial charge is 0.232 e. The highest BCUT2D eigenvalue weighted by molar-refractivity contribution is 6.08. The Labute approximate surface area is 207 Å². The summed E-state index contributed by atoms with van der Waals surface area (Å²) in [5.74, 6) is 0.795. The lowest BCUT2D eigenvalue weighted by Gasteiger charge is -2.41. The van der Waals surface area contributed by atoms with Crippen LogP contribution in [0.3, 0.4) is 0 Å². The van der Waals surface area contributed by atoms with Crippen LogP contribution >= 0.6 is 0 Å². The number of benzene rings is 3. The molecule has 0 saturated carbocycles. The van der Waals surface area contributed by atoms with E-state index in [0.29, 0.717) is 19.4 Å². The average Bonchev–Trinajstić information content (AvgIpc) is 2.87. The van der Waals surface area contributed by atoms with E-state index in [-0.39, 0.29) is 29.9 Å². The monoisotopic (exact) mass is 465 g/mol. The predicted octanol–water partition coefficient (Wildman–Crippen LogP) is 6.62. The van der Waals surface area contributed by atoms with Crippen LogP contribution in [0.2, 0.25) is 0 Å². The quantitative estimate of drug-likeness (QED) is 0.425. The van der Waals surface area contributed by atoms with Gasteiger partial charge in [0.1, 0.15) is 5.75 Å². The summed E-state index contributed by atoms with van der Waals surface area (Å²) in [4.78, 5) is 29.4. The van der Waals surface area contributed by atoms with Gasteiger partial charge in [-0.25, -0.2) is 0 Å². The Balaban J connectivity index is 1.64. The van der Waals surface area contributed by atoms with Crippen molar-refractivity contribution < 1.29 is 14.3 Å². The van der Waals surface area contributed by atoms with E-state index in [1.54, 1.807) is 0 Å². The predicted molar refractivity (Wildman–Crippen MR) is 139 cm³/mol. The van der Waals surface area contributed by atoms with Gasteiger partial charge in [-0.3, -0.25) is 14.5 Å². The fourth-order valence-electron chi connectivity index (χ4n) is 5.50. The summed E-state index contributed by atoms with van der Waals surface area (Å²) in [5.41, 5.74) is 6.87. The Morgan fingerprint density at radius 3 is 2.29 bits per heavy atom. The zero-order chi connectivity index (χ0) is 24.5. The van der Waals surface area contributed by atoms with Crippen molar-refractivity contribution >= 4 is 17.4 Å². The van der Waals surface area contributed by atoms with Gasteiger partial charge in [-0.1, -0.05) is 54.6 Å². The molecule has 2 aliphatic rings. The fraction of sp³-hybridized carbons (Fsp3) is 0.290. The topological polar surface area (TPSA) is 46.6 Å². The number of aryl methyl sites for hydroxylation is 1. The molecule has 1 amide bonds. The summed E-state index contributed by atoms with van der Waals surface area (Å²) in [6.45, 7) is 6.66. The van der Waals surface area contributed by atoms with E-state index in [2.05, 4.69) is 32.0 Å². The van der Waals surface area contributed by atoms with Gasteiger partial charge in [0, 0.05) is 30.0 Å². The Morgan fingerprint density at radius 2 is 1.57 bits per heavy atom. The largest absolute Gasteiger partial charge is 0.494 e. The molecule has 2 unspecified atom stereocenters. The van der Waals surface area contributed by atoms with E-state index >= 15 is 0 Å². The minimum absolute atomic E-state index is 0.0397. The first-order chi connectivity index (χ1) is 17.0. The summed E-state index contributed by atoms with van der Waals surface area (Å²) < 4.78 is 5.61. The number of hydrogen-bond donors (Lipinski definition) is 0. The van der Waals surface area contributed by atoms with Crippen molar-refractivity contribution in [1.82, 2.24) is 0 Å². The molecule has 4 nitrogen and oxygen atoms in total. The van der Waals surface area contributed by atoms with Crippen molar-refractivity contribution in [2.24, 2.45) is 0 Å². The van der Waals surface area contributed by atoms with Gasteiger partial charge in [0.25, 0.3) is 0 Å². The van der Waals surface area contributed by atoms with E-state index < -0.39 is 0 Å². The van der Waals surface area contributed by atoms with Crippen LogP contribution in [0.4, 0.5) is 5.69 Å². The van der Waals surface area contributed by atoms with Gasteiger partial charge >= 0.3 is 0 Å². The molecule has 3 aromatic rings. The zero-order valence-corrected chi connectivity index (χ0v) is 20.6. The number of ether oxygens (including phenoxy) is 1. The van der Waals surface area contributed by atoms with Crippen molar-refractivity contribution in [3.05, 3.63) is 106 Å². The average molecular weight is 466 g/mol. The molecule has 0 aromatic heterocycles. The van der Waals surface area contributed by atoms with Crippen LogP contribution in [0.5, 0.6) is 5.75 Å². The van der Waals surface area contributed by atoms with E-state index in [1.807, 2.05) is 66.4 Å². The third kappa shape index (κ3) is 4.29. The first kappa shape index (κ1) is 23.1. The number of carbonyl (C=O) groups is 2. The van der Waals surface area contributed by atoms with Crippen molar-refractivity contribution in [1.29, 1.82) is 0 Å². The van der Waals surface area contributed by atoms with Crippen LogP contribution < -0.4 is 9.64 Å². The van der Waals surface area contributed by atoms with E-state index in [1.165, 1.54) is 0 Å². The third-order valence-electron chi connectivity index (χ3n) is 7.41. The number of Topliss-reactive ketones (excluding diaryl/α,β-unsaturated/α-hetero) is 1. The molecule has 0 saturated heterocycles. The van der Waals surface area contributed by atoms with Gasteiger partial charge in [0.15, 0.2) is 5.78 Å². The minimum atomic E-state index is -0.237. The fourth-order valence-corrected chi connectivity index (χ4v) is 5.50. The van der Waals surface area contributed by atoms with Gasteiger partial charge in [0.2, 0.25) is 5.91 Å². The molecule has 3 aromatic carbocycles. The van der Waals surface area contributed by atoms with Crippen molar-refractivity contribution in [2.75, 3.05) is 11.5 Å². The van der Waals surface area contributed by atoms with Crippen molar-refractivity contribution in [3.8, 4) is 5.75 Å². The number of carbonyl (C=O) groups excluding carboxylic acids is 2. The van der Waals surface area contributed by atoms with E-state index in [0.717, 1.165) is 45.0 Å². The third-order valence-corrected chi connectivity index (χ3v) is 7.41. The highest BCUT2D eigenvalue weighted by atomic mass is 16.5. The molecule has 0 N–H and O–H groups in total. The molecule has 0 radical (unpaired) electrons. The Morgan fingerprint density at radius 1 is 0.829 bits per heavy atom. The summed E-state index contributed by atoms with van der Waals surface area (Å²) in [6.07, 6.45) is 1.41. The zero-order valence-electron chi connectivity index (χ0n) is 20.6. The summed E-state index contributed by atoms with van der Waals surface area (Å²) in [6, 6.07) is 24.1. The van der Waals surface area contributed by atoms with Crippen LogP contribution in [0.15, 0.2) is 84.1 Å². The molecule has 0 spiro atoms. The van der Waals surface area contributed by atoms with Crippen LogP contribution in [0.1, 0.15) is 60.3 Å². The maximum atomic E-state index is 13.8. The molecule has 35 heavy (non-hydrogen) atoms. The standard InChI is InChI=1S/C31H31NO3/c1-4-35-25-15-13-23(14-16-25)26-19-30(34)32(27-12-8-9-20(2)21(27)3)28-17-24(18-29(33)31(26)28)22-10-6-5-7-11-22/h5-16,24,26H,4,17-19H2,1-3H3. The highest BCUT2D eigenvalue weighted by Crippen LogP contribution is 2.47. The first-order valence-corrected chi connectivity index (χ1v) is 12.4. The lowest BCUT2D eigenvalue weighted by Crippen LogP contribution is -2.42. The number of allylic oxidation sites excluding steroid dienone is 2. The number of nitrogens with zero attached hydrogens (tertiary/aromatic N) is 1. The second-order valence-corrected chi connectivity index (χ2v) is 9.51. The maximum absolute atomic E-state index is 13.8. The Hall–Kier alpha value is -3.66. The van der Waals surface area contributed by atoms with Crippen LogP contribution in [0.25, 0.3) is 0 Å². The molecule has 2 atom stereocenters. The van der Waals surface area contributed by atoms with Crippen LogP contribution in [-0.4, -0.2) is 18.3 Å². The molecule has 0 fully saturated rings. The van der Waals surface area contributed by atoms with E-state index in [4.69, 9.17) is 4.74 Å². The molecule has 1 heterocycles. The maximum Gasteiger partial charge on any atom is 0.232 e. The van der Waals surface area contributed by atoms with Gasteiger partial charge < -0.3 is 4.74 Å². The van der Waals surface area contributed by atoms with Gasteiger partial charge in [-0.05, 0) is 73.6 Å². The first-order valence-electron chi connectivity index (χ1n) is 12.4. The molecule has 4 heteroatoms. The Bertz CT molecular complexity index is 1290. The minimum Gasteiger partial charge on any atom is -0.494 e. The molecular weight excluding hydrogens is 434 g/mol. The molecule has 178 valence electrons. The summed E-state index contributed by atoms with van der Waals surface area (Å²) in [5, 5.41) is 0. The second-order valence-electron chi connectivity index (χ2n) is 9.51. The lowest BCUT2D eigenvalue weighted by atomic mass is 9.72. The van der Waals surface area contributed by atoms with Gasteiger partial charge in [0.05, 0.1) is 12.3 Å². The normalized spacial score (nSPS) is 20.1. The molecule has 1 aliphatic carbocycles. The molecule has 0 bridgehead atoms. The van der Waals surface area contributed by atoms with Crippen LogP contribution in [0, 0.1) is 13.8 Å². The van der Waals surface area contributed by atoms with Gasteiger partial charge in [-0.15, -0.1) is 0 Å². The molecular formula is C31H31NO3. The van der Waals surface area contributed by atoms with Crippen molar-refractivity contribution in [2.45, 2.75) is 51.9 Å². The number of hydrogen-bond acceptors (Lipinski definition) is 3. The molecule has 5 rings (SSSR count). The highest BCUT2D eigenvalue weighted by Gasteiger charge is 2.42. The molecule has 1 aliphatic heterocycles. The number of amides is 1. The summed E-state index contributed by atoms with van der Waals surface area (Å²) >= 11 is 0. The van der Waals surface area contributed by atoms with Crippen molar-refractivity contribution in [3.63, 3.8) is 0 Å². The number of rotatable bonds is 5. The SMILES string of the molecule is CCOc1ccc(C2CC(=O)N(c3cccc(C)c3C)C3=C2C(=O)CC(c2ccccc2)C3)cc1. The number of ketones is 1. The number of anilines is 1. The lowest BCUT2D eigenvalue weighted by molar-refractivity contribution is -0.120. The van der Waals surface area contributed by atoms with E-state index in [9.17, 15) is 9.59 Å². The Kier molecular flexibility index (Phi) is 6.29. The van der Waals surface area contributed by atoms with Gasteiger partial charge in [-0.2, -0.15) is 0 Å². The van der Waals surface area contributed by atoms with Crippen LogP contribution in [-0.2, 0) is 9.59 Å².